The molecule has 2 heterocycles. The normalized spacial score (nSPS) is 22.7. The molecule has 4 rings (SSSR count). The molecule has 0 aliphatic carbocycles. The maximum Gasteiger partial charge on any atom is 0.264 e. The van der Waals surface area contributed by atoms with Crippen LogP contribution in [0.2, 0.25) is 0 Å². The van der Waals surface area contributed by atoms with Gasteiger partial charge in [-0.3, -0.25) is 4.79 Å². The number of amides is 1. The van der Waals surface area contributed by atoms with Crippen molar-refractivity contribution in [3.8, 4) is 0 Å². The van der Waals surface area contributed by atoms with E-state index in [-0.39, 0.29) is 11.4 Å². The van der Waals surface area contributed by atoms with Crippen molar-refractivity contribution in [1.29, 1.82) is 0 Å². The summed E-state index contributed by atoms with van der Waals surface area (Å²) < 4.78 is 1.00. The lowest BCUT2D eigenvalue weighted by molar-refractivity contribution is -0.115. The van der Waals surface area contributed by atoms with E-state index in [1.807, 2.05) is 30.3 Å². The first-order chi connectivity index (χ1) is 14.7. The number of fused-ring (bicyclic) bond motifs is 1. The number of benzene rings is 2. The average molecular weight is 498 g/mol. The fourth-order valence-electron chi connectivity index (χ4n) is 4.66. The Labute approximate surface area is 197 Å². The summed E-state index contributed by atoms with van der Waals surface area (Å²) in [6, 6.07) is 12.3. The van der Waals surface area contributed by atoms with Crippen LogP contribution in [0.15, 0.2) is 50.8 Å². The molecule has 6 heteroatoms. The standard InChI is InChI=1S/C25H28BrN3OS/c1-6-29-21-11-15(2)17(12-20(21)16(3)14-25(29,4)5)13-22-23(30)28-24(31-22)27-19-9-7-18(26)8-10-19/h7-13,16H,6,14H2,1-5H3,(H,27,28,30)/b22-13+. The molecule has 0 bridgehead atoms. The molecule has 162 valence electrons. The predicted octanol–water partition coefficient (Wildman–Crippen LogP) is 6.76. The number of aliphatic imine (C=N–C) groups is 1. The number of halogens is 1. The van der Waals surface area contributed by atoms with Gasteiger partial charge in [0.2, 0.25) is 0 Å². The van der Waals surface area contributed by atoms with Gasteiger partial charge in [-0.05, 0) is 111 Å². The van der Waals surface area contributed by atoms with Gasteiger partial charge >= 0.3 is 0 Å². The van der Waals surface area contributed by atoms with Gasteiger partial charge in [-0.25, -0.2) is 4.99 Å². The first-order valence-corrected chi connectivity index (χ1v) is 12.3. The first-order valence-electron chi connectivity index (χ1n) is 10.7. The van der Waals surface area contributed by atoms with E-state index in [0.29, 0.717) is 16.0 Å². The van der Waals surface area contributed by atoms with Gasteiger partial charge in [0, 0.05) is 22.2 Å². The number of rotatable bonds is 3. The van der Waals surface area contributed by atoms with Gasteiger partial charge in [0.05, 0.1) is 10.6 Å². The summed E-state index contributed by atoms with van der Waals surface area (Å²) in [5, 5.41) is 3.50. The number of amidine groups is 1. The summed E-state index contributed by atoms with van der Waals surface area (Å²) in [5.74, 6) is 0.382. The van der Waals surface area contributed by atoms with Crippen LogP contribution in [0, 0.1) is 6.92 Å². The molecule has 1 fully saturated rings. The van der Waals surface area contributed by atoms with E-state index >= 15 is 0 Å². The topological polar surface area (TPSA) is 44.7 Å². The van der Waals surface area contributed by atoms with Gasteiger partial charge in [-0.1, -0.05) is 22.9 Å². The Morgan fingerprint density at radius 2 is 2.00 bits per heavy atom. The smallest absolute Gasteiger partial charge is 0.264 e. The summed E-state index contributed by atoms with van der Waals surface area (Å²) in [6.07, 6.45) is 3.12. The van der Waals surface area contributed by atoms with E-state index in [4.69, 9.17) is 0 Å². The molecule has 2 aromatic carbocycles. The van der Waals surface area contributed by atoms with E-state index in [2.05, 4.69) is 77.9 Å². The summed E-state index contributed by atoms with van der Waals surface area (Å²) in [5.41, 5.74) is 5.93. The summed E-state index contributed by atoms with van der Waals surface area (Å²) in [7, 11) is 0. The fourth-order valence-corrected chi connectivity index (χ4v) is 5.76. The van der Waals surface area contributed by atoms with E-state index in [9.17, 15) is 4.79 Å². The molecule has 0 aromatic heterocycles. The number of carbonyl (C=O) groups is 1. The highest BCUT2D eigenvalue weighted by Gasteiger charge is 2.35. The SMILES string of the molecule is CCN1c2cc(C)c(/C=C3/SC(=Nc4ccc(Br)cc4)NC3=O)cc2C(C)CC1(C)C. The minimum absolute atomic E-state index is 0.0950. The van der Waals surface area contributed by atoms with Crippen molar-refractivity contribution in [2.75, 3.05) is 11.4 Å². The summed E-state index contributed by atoms with van der Waals surface area (Å²) >= 11 is 4.82. The van der Waals surface area contributed by atoms with Crippen molar-refractivity contribution >= 4 is 56.2 Å². The summed E-state index contributed by atoms with van der Waals surface area (Å²) in [4.78, 5) is 20.3. The molecule has 2 aromatic rings. The predicted molar refractivity (Wildman–Crippen MR) is 136 cm³/mol. The lowest BCUT2D eigenvalue weighted by Crippen LogP contribution is -2.48. The lowest BCUT2D eigenvalue weighted by Gasteiger charge is -2.47. The number of anilines is 1. The van der Waals surface area contributed by atoms with Crippen LogP contribution in [0.4, 0.5) is 11.4 Å². The van der Waals surface area contributed by atoms with E-state index in [1.54, 1.807) is 0 Å². The van der Waals surface area contributed by atoms with Crippen LogP contribution in [0.3, 0.4) is 0 Å². The van der Waals surface area contributed by atoms with Gasteiger partial charge < -0.3 is 10.2 Å². The number of aryl methyl sites for hydroxylation is 1. The van der Waals surface area contributed by atoms with Crippen molar-refractivity contribution in [3.63, 3.8) is 0 Å². The molecule has 1 saturated heterocycles. The Morgan fingerprint density at radius 3 is 2.68 bits per heavy atom. The largest absolute Gasteiger partial charge is 0.366 e. The minimum atomic E-state index is -0.0950. The molecule has 0 saturated carbocycles. The number of carbonyl (C=O) groups excluding carboxylic acids is 1. The molecule has 1 N–H and O–H groups in total. The third-order valence-electron chi connectivity index (χ3n) is 6.08. The number of hydrogen-bond acceptors (Lipinski definition) is 4. The van der Waals surface area contributed by atoms with Crippen molar-refractivity contribution in [1.82, 2.24) is 5.32 Å². The fraction of sp³-hybridized carbons (Fsp3) is 0.360. The van der Waals surface area contributed by atoms with Gasteiger partial charge in [0.15, 0.2) is 5.17 Å². The van der Waals surface area contributed by atoms with Crippen LogP contribution in [0.5, 0.6) is 0 Å². The Kier molecular flexibility index (Phi) is 6.05. The van der Waals surface area contributed by atoms with Crippen molar-refractivity contribution in [2.45, 2.75) is 52.5 Å². The highest BCUT2D eigenvalue weighted by Crippen LogP contribution is 2.44. The van der Waals surface area contributed by atoms with Crippen LogP contribution in [-0.2, 0) is 4.79 Å². The molecule has 0 spiro atoms. The molecule has 2 aliphatic rings. The molecule has 1 amide bonds. The molecular formula is C25H28BrN3OS. The highest BCUT2D eigenvalue weighted by molar-refractivity contribution is 9.10. The molecule has 1 unspecified atom stereocenters. The zero-order valence-corrected chi connectivity index (χ0v) is 21.0. The van der Waals surface area contributed by atoms with Crippen molar-refractivity contribution in [3.05, 3.63) is 62.5 Å². The van der Waals surface area contributed by atoms with Gasteiger partial charge in [-0.2, -0.15) is 0 Å². The van der Waals surface area contributed by atoms with E-state index < -0.39 is 0 Å². The van der Waals surface area contributed by atoms with Gasteiger partial charge in [-0.15, -0.1) is 0 Å². The lowest BCUT2D eigenvalue weighted by atomic mass is 9.79. The molecule has 31 heavy (non-hydrogen) atoms. The van der Waals surface area contributed by atoms with Gasteiger partial charge in [0.25, 0.3) is 5.91 Å². The average Bonchev–Trinajstić information content (AvgIpc) is 3.03. The van der Waals surface area contributed by atoms with E-state index in [1.165, 1.54) is 28.6 Å². The number of thioether (sulfide) groups is 1. The summed E-state index contributed by atoms with van der Waals surface area (Å²) in [6.45, 7) is 12.3. The van der Waals surface area contributed by atoms with Crippen LogP contribution >= 0.6 is 27.7 Å². The van der Waals surface area contributed by atoms with Crippen LogP contribution in [0.25, 0.3) is 6.08 Å². The minimum Gasteiger partial charge on any atom is -0.366 e. The number of hydrogen-bond donors (Lipinski definition) is 1. The third-order valence-corrected chi connectivity index (χ3v) is 7.52. The van der Waals surface area contributed by atoms with Crippen LogP contribution in [-0.4, -0.2) is 23.2 Å². The number of nitrogens with one attached hydrogen (secondary N) is 1. The Bertz CT molecular complexity index is 1090. The molecule has 1 atom stereocenters. The molecule has 2 aliphatic heterocycles. The van der Waals surface area contributed by atoms with Crippen LogP contribution < -0.4 is 10.2 Å². The van der Waals surface area contributed by atoms with Crippen LogP contribution in [0.1, 0.15) is 56.7 Å². The third kappa shape index (κ3) is 4.46. The Hall–Kier alpha value is -2.05. The maximum atomic E-state index is 12.6. The molecular weight excluding hydrogens is 470 g/mol. The molecule has 0 radical (unpaired) electrons. The van der Waals surface area contributed by atoms with E-state index in [0.717, 1.165) is 28.7 Å². The Morgan fingerprint density at radius 1 is 1.29 bits per heavy atom. The zero-order chi connectivity index (χ0) is 22.3. The maximum absolute atomic E-state index is 12.6. The second kappa shape index (κ2) is 8.47. The molecule has 4 nitrogen and oxygen atoms in total. The first kappa shape index (κ1) is 22.2. The second-order valence-corrected chi connectivity index (χ2v) is 10.8. The van der Waals surface area contributed by atoms with Crippen molar-refractivity contribution in [2.24, 2.45) is 4.99 Å². The quantitative estimate of drug-likeness (QED) is 0.476. The monoisotopic (exact) mass is 497 g/mol. The highest BCUT2D eigenvalue weighted by atomic mass is 79.9. The number of nitrogens with zero attached hydrogens (tertiary/aromatic N) is 2. The zero-order valence-electron chi connectivity index (χ0n) is 18.6. The second-order valence-electron chi connectivity index (χ2n) is 8.89. The van der Waals surface area contributed by atoms with Gasteiger partial charge in [0.1, 0.15) is 0 Å². The van der Waals surface area contributed by atoms with Crippen molar-refractivity contribution < 1.29 is 4.79 Å². The Balaban J connectivity index is 1.66.